The fourth-order valence-corrected chi connectivity index (χ4v) is 7.56. The van der Waals surface area contributed by atoms with Crippen molar-refractivity contribution in [3.63, 3.8) is 0 Å². The van der Waals surface area contributed by atoms with E-state index in [0.717, 1.165) is 87.6 Å². The zero-order valence-corrected chi connectivity index (χ0v) is 28.1. The average Bonchev–Trinajstić information content (AvgIpc) is 3.94. The minimum absolute atomic E-state index is 0.0713. The molecule has 2 aliphatic carbocycles. The molecule has 3 fully saturated rings. The van der Waals surface area contributed by atoms with Gasteiger partial charge in [0.1, 0.15) is 17.7 Å². The zero-order chi connectivity index (χ0) is 33.3. The Bertz CT molecular complexity index is 1640. The van der Waals surface area contributed by atoms with Crippen LogP contribution < -0.4 is 10.6 Å². The first-order valence-corrected chi connectivity index (χ1v) is 17.4. The molecule has 1 spiro atoms. The van der Waals surface area contributed by atoms with Crippen LogP contribution in [-0.2, 0) is 19.0 Å². The molecule has 4 N–H and O–H groups in total. The van der Waals surface area contributed by atoms with Crippen molar-refractivity contribution in [2.24, 2.45) is 5.92 Å². The van der Waals surface area contributed by atoms with E-state index < -0.39 is 17.9 Å². The van der Waals surface area contributed by atoms with E-state index >= 15 is 0 Å². The van der Waals surface area contributed by atoms with E-state index in [2.05, 4.69) is 44.9 Å². The number of alkyl carbamates (subject to hydrolysis) is 1. The minimum Gasteiger partial charge on any atom is -0.453 e. The van der Waals surface area contributed by atoms with Crippen molar-refractivity contribution in [3.05, 3.63) is 70.9 Å². The first kappa shape index (κ1) is 32.5. The van der Waals surface area contributed by atoms with Crippen LogP contribution in [0.1, 0.15) is 100 Å². The number of amides is 2. The van der Waals surface area contributed by atoms with Crippen molar-refractivity contribution in [2.75, 3.05) is 33.4 Å². The van der Waals surface area contributed by atoms with Gasteiger partial charge in [0.25, 0.3) is 0 Å². The molecule has 12 nitrogen and oxygen atoms in total. The summed E-state index contributed by atoms with van der Waals surface area (Å²) in [5.41, 5.74) is 7.30. The Balaban J connectivity index is 0.985. The molecule has 0 aromatic carbocycles. The molecule has 0 radical (unpaired) electrons. The number of rotatable bonds is 8. The largest absolute Gasteiger partial charge is 0.453 e. The monoisotopic (exact) mass is 657 g/mol. The Morgan fingerprint density at radius 2 is 1.52 bits per heavy atom. The molecule has 3 saturated heterocycles. The highest BCUT2D eigenvalue weighted by atomic mass is 16.7. The highest BCUT2D eigenvalue weighted by Crippen LogP contribution is 2.38. The van der Waals surface area contributed by atoms with Crippen LogP contribution in [0, 0.1) is 5.92 Å². The van der Waals surface area contributed by atoms with E-state index in [1.54, 1.807) is 0 Å². The Labute approximate surface area is 281 Å². The third kappa shape index (κ3) is 6.65. The number of likely N-dealkylation sites (tertiary alicyclic amines) is 1. The fraction of sp³-hybridized carbons (Fsp3) is 0.556. The summed E-state index contributed by atoms with van der Waals surface area (Å²) in [6, 6.07) is -0.700. The van der Waals surface area contributed by atoms with Gasteiger partial charge in [-0.05, 0) is 73.2 Å². The van der Waals surface area contributed by atoms with Gasteiger partial charge in [-0.3, -0.25) is 4.79 Å². The van der Waals surface area contributed by atoms with Gasteiger partial charge in [-0.2, -0.15) is 0 Å². The van der Waals surface area contributed by atoms with E-state index in [0.29, 0.717) is 13.1 Å². The molecule has 0 bridgehead atoms. The van der Waals surface area contributed by atoms with E-state index in [1.165, 1.54) is 29.4 Å². The molecule has 0 saturated carbocycles. The molecule has 256 valence electrons. The lowest BCUT2D eigenvalue weighted by Gasteiger charge is -2.32. The number of nitrogens with zero attached hydrogens (tertiary/aromatic N) is 3. The van der Waals surface area contributed by atoms with Crippen molar-refractivity contribution in [1.82, 2.24) is 35.5 Å². The van der Waals surface area contributed by atoms with Gasteiger partial charge in [-0.1, -0.05) is 38.2 Å². The zero-order valence-electron chi connectivity index (χ0n) is 28.1. The van der Waals surface area contributed by atoms with Crippen LogP contribution >= 0.6 is 0 Å². The van der Waals surface area contributed by atoms with Crippen molar-refractivity contribution in [1.29, 1.82) is 0 Å². The summed E-state index contributed by atoms with van der Waals surface area (Å²) in [7, 11) is 1.31. The lowest BCUT2D eigenvalue weighted by Crippen LogP contribution is -2.51. The smallest absolute Gasteiger partial charge is 0.407 e. The summed E-state index contributed by atoms with van der Waals surface area (Å²) in [5.74, 6) is 1.04. The number of hydrogen-bond acceptors (Lipinski definition) is 8. The van der Waals surface area contributed by atoms with Gasteiger partial charge in [0, 0.05) is 13.0 Å². The van der Waals surface area contributed by atoms with Gasteiger partial charge < -0.3 is 39.7 Å². The van der Waals surface area contributed by atoms with Crippen molar-refractivity contribution in [2.45, 2.75) is 89.1 Å². The van der Waals surface area contributed by atoms with Gasteiger partial charge in [-0.15, -0.1) is 0 Å². The van der Waals surface area contributed by atoms with Crippen molar-refractivity contribution < 1.29 is 23.8 Å². The molecule has 48 heavy (non-hydrogen) atoms. The molecule has 2 amide bonds. The number of H-pyrrole nitrogens is 2. The first-order chi connectivity index (χ1) is 23.3. The molecular formula is C36H47N7O5. The Kier molecular flexibility index (Phi) is 9.39. The number of aromatic nitrogens is 4. The number of hydrogen-bond donors (Lipinski definition) is 4. The van der Waals surface area contributed by atoms with Gasteiger partial charge in [0.05, 0.1) is 62.7 Å². The minimum atomic E-state index is -0.650. The van der Waals surface area contributed by atoms with Crippen LogP contribution in [0.3, 0.4) is 0 Å². The second kappa shape index (κ2) is 13.9. The molecular weight excluding hydrogens is 610 g/mol. The van der Waals surface area contributed by atoms with E-state index in [9.17, 15) is 9.59 Å². The Morgan fingerprint density at radius 1 is 0.917 bits per heavy atom. The molecule has 5 aliphatic rings. The van der Waals surface area contributed by atoms with E-state index in [4.69, 9.17) is 24.2 Å². The van der Waals surface area contributed by atoms with Crippen LogP contribution in [-0.4, -0.2) is 82.1 Å². The predicted molar refractivity (Wildman–Crippen MR) is 180 cm³/mol. The number of nitrogens with one attached hydrogen (secondary N) is 4. The number of imidazole rings is 2. The summed E-state index contributed by atoms with van der Waals surface area (Å²) in [5, 5.41) is 6.24. The number of ether oxygens (including phenoxy) is 3. The second-order valence-corrected chi connectivity index (χ2v) is 13.8. The van der Waals surface area contributed by atoms with Gasteiger partial charge in [0.15, 0.2) is 5.79 Å². The van der Waals surface area contributed by atoms with Crippen LogP contribution in [0.2, 0.25) is 0 Å². The van der Waals surface area contributed by atoms with Gasteiger partial charge in [-0.25, -0.2) is 14.8 Å². The topological polar surface area (TPSA) is 146 Å². The fourth-order valence-electron chi connectivity index (χ4n) is 7.56. The molecule has 12 heteroatoms. The third-order valence-electron chi connectivity index (χ3n) is 10.3. The molecule has 3 aliphatic heterocycles. The SMILES string of the molecule is COC(=O)NC(C(=O)N1CCCC1c1ncc(C2=CC=C(C3=CC=C(c4cnc(C5CC6(CN5)OCCCO6)[nH]4)CC3)CC2)[nH]1)C(C)C. The standard InChI is InChI=1S/C36H47N7O5/c1-22(2)31(42-35(45)46-3)34(44)43-15-4-6-30(43)33-38-20-29(41-33)26-13-9-24(10-14-26)23-7-11-25(12-8-23)28-19-37-32(40-28)27-18-36(21-39-27)47-16-5-17-48-36/h7,9,11,13,19-20,22,27,30-31,39H,4-6,8,10,12,14-18,21H2,1-3H3,(H,37,40)(H,38,41)(H,42,45). The molecule has 2 aromatic rings. The Hall–Kier alpha value is -4.00. The van der Waals surface area contributed by atoms with Crippen LogP contribution in [0.25, 0.3) is 11.1 Å². The van der Waals surface area contributed by atoms with Gasteiger partial charge in [0.2, 0.25) is 5.91 Å². The number of allylic oxidation sites excluding steroid dienone is 8. The maximum absolute atomic E-state index is 13.5. The van der Waals surface area contributed by atoms with Crippen molar-refractivity contribution >= 4 is 23.1 Å². The number of methoxy groups -OCH3 is 1. The summed E-state index contributed by atoms with van der Waals surface area (Å²) in [4.78, 5) is 43.8. The van der Waals surface area contributed by atoms with Crippen LogP contribution in [0.5, 0.6) is 0 Å². The molecule has 3 atom stereocenters. The summed E-state index contributed by atoms with van der Waals surface area (Å²) in [6.45, 7) is 6.66. The predicted octanol–water partition coefficient (Wildman–Crippen LogP) is 5.25. The maximum atomic E-state index is 13.5. The summed E-state index contributed by atoms with van der Waals surface area (Å²) in [6.07, 6.45) is 19.4. The molecule has 5 heterocycles. The lowest BCUT2D eigenvalue weighted by molar-refractivity contribution is -0.255. The van der Waals surface area contributed by atoms with Crippen LogP contribution in [0.4, 0.5) is 4.79 Å². The number of carbonyl (C=O) groups excluding carboxylic acids is 2. The summed E-state index contributed by atoms with van der Waals surface area (Å²) >= 11 is 0. The molecule has 2 aromatic heterocycles. The van der Waals surface area contributed by atoms with E-state index in [-0.39, 0.29) is 23.9 Å². The number of aromatic amines is 2. The number of carbonyl (C=O) groups is 2. The first-order valence-electron chi connectivity index (χ1n) is 17.4. The van der Waals surface area contributed by atoms with Gasteiger partial charge >= 0.3 is 6.09 Å². The second-order valence-electron chi connectivity index (χ2n) is 13.8. The average molecular weight is 658 g/mol. The lowest BCUT2D eigenvalue weighted by atomic mass is 9.86. The highest BCUT2D eigenvalue weighted by molar-refractivity contribution is 5.86. The molecule has 7 rings (SSSR count). The highest BCUT2D eigenvalue weighted by Gasteiger charge is 2.44. The third-order valence-corrected chi connectivity index (χ3v) is 10.3. The normalized spacial score (nSPS) is 24.6. The summed E-state index contributed by atoms with van der Waals surface area (Å²) < 4.78 is 16.7. The maximum Gasteiger partial charge on any atom is 0.407 e. The van der Waals surface area contributed by atoms with E-state index in [1.807, 2.05) is 31.1 Å². The van der Waals surface area contributed by atoms with Crippen molar-refractivity contribution in [3.8, 4) is 0 Å². The Morgan fingerprint density at radius 3 is 2.12 bits per heavy atom. The quantitative estimate of drug-likeness (QED) is 0.301. The van der Waals surface area contributed by atoms with Crippen LogP contribution in [0.15, 0.2) is 47.8 Å². The molecule has 3 unspecified atom stereocenters.